The first-order valence-electron chi connectivity index (χ1n) is 11.5. The molecule has 36 heavy (non-hydrogen) atoms. The van der Waals surface area contributed by atoms with Crippen molar-refractivity contribution in [1.29, 1.82) is 0 Å². The van der Waals surface area contributed by atoms with Gasteiger partial charge in [-0.25, -0.2) is 23.7 Å². The maximum absolute atomic E-state index is 14.9. The Labute approximate surface area is 205 Å². The quantitative estimate of drug-likeness (QED) is 0.359. The Morgan fingerprint density at radius 1 is 1.17 bits per heavy atom. The molecule has 3 heterocycles. The minimum atomic E-state index is -0.817. The Balaban J connectivity index is 1.43. The van der Waals surface area contributed by atoms with E-state index in [0.29, 0.717) is 30.5 Å². The first kappa shape index (κ1) is 23.6. The first-order chi connectivity index (χ1) is 17.5. The number of fused-ring (bicyclic) bond motifs is 1. The molecular weight excluding hydrogens is 470 g/mol. The molecule has 1 unspecified atom stereocenters. The van der Waals surface area contributed by atoms with Crippen LogP contribution in [0.1, 0.15) is 40.6 Å². The number of ether oxygens (including phenoxy) is 2. The van der Waals surface area contributed by atoms with E-state index in [2.05, 4.69) is 30.6 Å². The van der Waals surface area contributed by atoms with Crippen LogP contribution >= 0.6 is 0 Å². The molecule has 0 spiro atoms. The monoisotopic (exact) mass is 494 g/mol. The lowest BCUT2D eigenvalue weighted by Crippen LogP contribution is -2.30. The van der Waals surface area contributed by atoms with Gasteiger partial charge >= 0.3 is 0 Å². The summed E-state index contributed by atoms with van der Waals surface area (Å²) < 4.78 is 39.6. The van der Waals surface area contributed by atoms with Gasteiger partial charge in [0.1, 0.15) is 17.7 Å². The third kappa shape index (κ3) is 4.96. The molecule has 2 aromatic heterocycles. The number of benzene rings is 2. The number of methoxy groups -OCH3 is 1. The van der Waals surface area contributed by atoms with Crippen molar-refractivity contribution >= 4 is 22.8 Å². The summed E-state index contributed by atoms with van der Waals surface area (Å²) in [6, 6.07) is 6.31. The molecule has 0 aliphatic carbocycles. The molecule has 0 radical (unpaired) electrons. The van der Waals surface area contributed by atoms with Crippen molar-refractivity contribution in [2.24, 2.45) is 0 Å². The Morgan fingerprint density at radius 3 is 2.72 bits per heavy atom. The Bertz CT molecular complexity index is 1380. The normalized spacial score (nSPS) is 15.0. The molecule has 9 nitrogen and oxygen atoms in total. The van der Waals surface area contributed by atoms with E-state index < -0.39 is 23.6 Å². The molecule has 1 amide bonds. The molecule has 1 atom stereocenters. The highest BCUT2D eigenvalue weighted by atomic mass is 19.1. The number of imidazole rings is 1. The van der Waals surface area contributed by atoms with Crippen LogP contribution in [0.4, 0.5) is 14.7 Å². The second-order valence-electron chi connectivity index (χ2n) is 8.39. The van der Waals surface area contributed by atoms with Crippen LogP contribution in [0.15, 0.2) is 48.9 Å². The first-order valence-corrected chi connectivity index (χ1v) is 11.5. The number of hydrogen-bond acceptors (Lipinski definition) is 7. The molecular formula is C25H24F2N6O3. The van der Waals surface area contributed by atoms with Gasteiger partial charge in [-0.2, -0.15) is 0 Å². The minimum absolute atomic E-state index is 0.0567. The summed E-state index contributed by atoms with van der Waals surface area (Å²) in [6.45, 7) is 1.30. The number of anilines is 1. The number of aromatic nitrogens is 4. The van der Waals surface area contributed by atoms with Gasteiger partial charge in [0, 0.05) is 43.4 Å². The molecule has 4 aromatic rings. The fourth-order valence-corrected chi connectivity index (χ4v) is 4.14. The van der Waals surface area contributed by atoms with Crippen molar-refractivity contribution in [3.8, 4) is 5.75 Å². The highest BCUT2D eigenvalue weighted by Crippen LogP contribution is 2.26. The van der Waals surface area contributed by atoms with Crippen LogP contribution in [0.25, 0.3) is 10.9 Å². The van der Waals surface area contributed by atoms with Gasteiger partial charge in [-0.05, 0) is 42.7 Å². The van der Waals surface area contributed by atoms with Crippen LogP contribution in [0, 0.1) is 11.6 Å². The van der Waals surface area contributed by atoms with Crippen molar-refractivity contribution in [2.75, 3.05) is 25.6 Å². The van der Waals surface area contributed by atoms with Gasteiger partial charge in [0.2, 0.25) is 5.95 Å². The smallest absolute Gasteiger partial charge is 0.252 e. The SMILES string of the molecule is COc1ccc(C(NC(=O)c2cc(F)c3cnc(NC4CCOCC4)nc3c2)c2ncc[nH]2)cc1F. The minimum Gasteiger partial charge on any atom is -0.494 e. The fourth-order valence-electron chi connectivity index (χ4n) is 4.14. The van der Waals surface area contributed by atoms with Crippen LogP contribution in [-0.4, -0.2) is 52.2 Å². The fraction of sp³-hybridized carbons (Fsp3) is 0.280. The average Bonchev–Trinajstić information content (AvgIpc) is 3.42. The molecule has 186 valence electrons. The molecule has 0 bridgehead atoms. The summed E-state index contributed by atoms with van der Waals surface area (Å²) in [7, 11) is 1.37. The topological polar surface area (TPSA) is 114 Å². The number of halogens is 2. The number of amides is 1. The molecule has 1 aliphatic heterocycles. The second-order valence-corrected chi connectivity index (χ2v) is 8.39. The summed E-state index contributed by atoms with van der Waals surface area (Å²) in [5, 5.41) is 6.25. The molecule has 11 heteroatoms. The van der Waals surface area contributed by atoms with Gasteiger partial charge in [-0.3, -0.25) is 4.79 Å². The highest BCUT2D eigenvalue weighted by molar-refractivity contribution is 5.98. The number of carbonyl (C=O) groups is 1. The largest absolute Gasteiger partial charge is 0.494 e. The van der Waals surface area contributed by atoms with Gasteiger partial charge in [0.15, 0.2) is 11.6 Å². The number of carbonyl (C=O) groups excluding carboxylic acids is 1. The lowest BCUT2D eigenvalue weighted by atomic mass is 10.0. The summed E-state index contributed by atoms with van der Waals surface area (Å²) in [6.07, 6.45) is 6.14. The van der Waals surface area contributed by atoms with E-state index in [4.69, 9.17) is 9.47 Å². The van der Waals surface area contributed by atoms with Crippen molar-refractivity contribution < 1.29 is 23.0 Å². The maximum Gasteiger partial charge on any atom is 0.252 e. The van der Waals surface area contributed by atoms with Crippen molar-refractivity contribution in [1.82, 2.24) is 25.3 Å². The van der Waals surface area contributed by atoms with E-state index >= 15 is 0 Å². The average molecular weight is 495 g/mol. The number of H-pyrrole nitrogens is 1. The van der Waals surface area contributed by atoms with E-state index in [1.807, 2.05) is 0 Å². The molecule has 1 fully saturated rings. The summed E-state index contributed by atoms with van der Waals surface area (Å²) in [5.41, 5.74) is 0.777. The predicted octanol–water partition coefficient (Wildman–Crippen LogP) is 3.75. The summed E-state index contributed by atoms with van der Waals surface area (Å²) >= 11 is 0. The van der Waals surface area contributed by atoms with Crippen LogP contribution < -0.4 is 15.4 Å². The van der Waals surface area contributed by atoms with E-state index in [1.54, 1.807) is 12.3 Å². The number of aromatic amines is 1. The number of hydrogen-bond donors (Lipinski definition) is 3. The molecule has 2 aromatic carbocycles. The Hall–Kier alpha value is -4.12. The number of rotatable bonds is 7. The van der Waals surface area contributed by atoms with Crippen LogP contribution in [0.2, 0.25) is 0 Å². The molecule has 3 N–H and O–H groups in total. The third-order valence-corrected chi connectivity index (χ3v) is 6.04. The summed E-state index contributed by atoms with van der Waals surface area (Å²) in [5.74, 6) is -0.970. The Kier molecular flexibility index (Phi) is 6.72. The zero-order chi connectivity index (χ0) is 25.1. The number of nitrogens with zero attached hydrogens (tertiary/aromatic N) is 3. The second kappa shape index (κ2) is 10.2. The highest BCUT2D eigenvalue weighted by Gasteiger charge is 2.23. The van der Waals surface area contributed by atoms with Crippen LogP contribution in [0.3, 0.4) is 0 Å². The van der Waals surface area contributed by atoms with Gasteiger partial charge in [0.25, 0.3) is 5.91 Å². The van der Waals surface area contributed by atoms with Crippen molar-refractivity contribution in [3.05, 3.63) is 77.5 Å². The van der Waals surface area contributed by atoms with Crippen molar-refractivity contribution in [2.45, 2.75) is 24.9 Å². The molecule has 1 aliphatic rings. The van der Waals surface area contributed by atoms with E-state index in [1.165, 1.54) is 37.7 Å². The zero-order valence-corrected chi connectivity index (χ0v) is 19.4. The zero-order valence-electron chi connectivity index (χ0n) is 19.4. The molecule has 5 rings (SSSR count). The van der Waals surface area contributed by atoms with Crippen LogP contribution in [0.5, 0.6) is 5.75 Å². The standard InChI is InChI=1S/C25H24F2N6O3/c1-35-21-3-2-14(10-19(21)27)22(23-28-6-7-29-23)33-24(34)15-11-18(26)17-13-30-25(32-20(17)12-15)31-16-4-8-36-9-5-16/h2-3,6-7,10-13,16,22H,4-5,8-9H2,1H3,(H,28,29)(H,33,34)(H,30,31,32). The Morgan fingerprint density at radius 2 is 2.00 bits per heavy atom. The van der Waals surface area contributed by atoms with E-state index in [9.17, 15) is 13.6 Å². The van der Waals surface area contributed by atoms with Gasteiger partial charge in [-0.1, -0.05) is 6.07 Å². The van der Waals surface area contributed by atoms with E-state index in [-0.39, 0.29) is 28.3 Å². The van der Waals surface area contributed by atoms with Gasteiger partial charge in [0.05, 0.1) is 18.0 Å². The van der Waals surface area contributed by atoms with Crippen LogP contribution in [-0.2, 0) is 4.74 Å². The summed E-state index contributed by atoms with van der Waals surface area (Å²) in [4.78, 5) is 29.0. The van der Waals surface area contributed by atoms with Crippen molar-refractivity contribution in [3.63, 3.8) is 0 Å². The predicted molar refractivity (Wildman–Crippen MR) is 128 cm³/mol. The molecule has 0 saturated carbocycles. The van der Waals surface area contributed by atoms with Gasteiger partial charge in [-0.15, -0.1) is 0 Å². The molecule has 1 saturated heterocycles. The van der Waals surface area contributed by atoms with Gasteiger partial charge < -0.3 is 25.1 Å². The lowest BCUT2D eigenvalue weighted by molar-refractivity contribution is 0.0903. The number of nitrogens with one attached hydrogen (secondary N) is 3. The maximum atomic E-state index is 14.9. The third-order valence-electron chi connectivity index (χ3n) is 6.04. The van der Waals surface area contributed by atoms with E-state index in [0.717, 1.165) is 18.9 Å². The lowest BCUT2D eigenvalue weighted by Gasteiger charge is -2.23.